The number of hydrogen-bond donors (Lipinski definition) is 1. The lowest BCUT2D eigenvalue weighted by molar-refractivity contribution is 0.0696. The van der Waals surface area contributed by atoms with Crippen LogP contribution in [0.25, 0.3) is 6.08 Å². The minimum absolute atomic E-state index is 0.309. The summed E-state index contributed by atoms with van der Waals surface area (Å²) in [5, 5.41) is 9.77. The van der Waals surface area contributed by atoms with Crippen LogP contribution in [0.1, 0.15) is 40.4 Å². The Hall–Kier alpha value is -1.28. The molecule has 0 aliphatic carbocycles. The van der Waals surface area contributed by atoms with Crippen molar-refractivity contribution < 1.29 is 9.90 Å². The Labute approximate surface area is 101 Å². The summed E-state index contributed by atoms with van der Waals surface area (Å²) in [6.45, 7) is 5.66. The fourth-order valence-corrected chi connectivity index (χ4v) is 1.76. The van der Waals surface area contributed by atoms with Gasteiger partial charge in [0.25, 0.3) is 0 Å². The number of benzene rings is 1. The molecule has 0 fully saturated rings. The van der Waals surface area contributed by atoms with Crippen molar-refractivity contribution in [1.82, 2.24) is 0 Å². The molecular formula is C13H15ClO2. The van der Waals surface area contributed by atoms with Crippen molar-refractivity contribution in [3.8, 4) is 0 Å². The van der Waals surface area contributed by atoms with Crippen molar-refractivity contribution in [3.63, 3.8) is 0 Å². The largest absolute Gasteiger partial charge is 0.478 e. The van der Waals surface area contributed by atoms with E-state index < -0.39 is 5.97 Å². The fourth-order valence-electron chi connectivity index (χ4n) is 1.60. The Morgan fingerprint density at radius 1 is 1.50 bits per heavy atom. The molecule has 0 saturated heterocycles. The van der Waals surface area contributed by atoms with Gasteiger partial charge in [0.05, 0.1) is 5.56 Å². The van der Waals surface area contributed by atoms with Crippen molar-refractivity contribution in [2.75, 3.05) is 0 Å². The highest BCUT2D eigenvalue weighted by Gasteiger charge is 2.14. The quantitative estimate of drug-likeness (QED) is 0.862. The number of halogens is 1. The maximum atomic E-state index is 11.1. The number of aromatic carboxylic acids is 1. The highest BCUT2D eigenvalue weighted by Crippen LogP contribution is 2.28. The number of carboxylic acid groups (broad SMARTS) is 1. The van der Waals surface area contributed by atoms with Crippen molar-refractivity contribution in [1.29, 1.82) is 0 Å². The number of carboxylic acids is 1. The van der Waals surface area contributed by atoms with E-state index in [-0.39, 0.29) is 0 Å². The standard InChI is InChI=1S/C13H15ClO2/c1-4-5-6-10-9(3)12(14)8(2)7-11(10)13(15)16/h5-7H,4H2,1-3H3,(H,15,16). The molecule has 0 saturated carbocycles. The second-order valence-electron chi connectivity index (χ2n) is 3.71. The van der Waals surface area contributed by atoms with Gasteiger partial charge in [0.1, 0.15) is 0 Å². The van der Waals surface area contributed by atoms with E-state index in [9.17, 15) is 4.79 Å². The zero-order valence-electron chi connectivity index (χ0n) is 9.67. The molecule has 1 aromatic rings. The van der Waals surface area contributed by atoms with Gasteiger partial charge in [0.15, 0.2) is 0 Å². The minimum Gasteiger partial charge on any atom is -0.478 e. The number of rotatable bonds is 3. The summed E-state index contributed by atoms with van der Waals surface area (Å²) in [4.78, 5) is 11.1. The van der Waals surface area contributed by atoms with E-state index in [0.29, 0.717) is 16.1 Å². The van der Waals surface area contributed by atoms with Crippen LogP contribution in [0, 0.1) is 13.8 Å². The van der Waals surface area contributed by atoms with Crippen molar-refractivity contribution in [2.24, 2.45) is 0 Å². The van der Waals surface area contributed by atoms with Crippen molar-refractivity contribution in [2.45, 2.75) is 27.2 Å². The highest BCUT2D eigenvalue weighted by molar-refractivity contribution is 6.32. The summed E-state index contributed by atoms with van der Waals surface area (Å²) < 4.78 is 0. The molecule has 0 aliphatic heterocycles. The molecule has 2 nitrogen and oxygen atoms in total. The van der Waals surface area contributed by atoms with E-state index in [2.05, 4.69) is 0 Å². The first-order valence-electron chi connectivity index (χ1n) is 5.18. The van der Waals surface area contributed by atoms with Gasteiger partial charge in [-0.25, -0.2) is 4.79 Å². The van der Waals surface area contributed by atoms with Gasteiger partial charge in [0, 0.05) is 5.02 Å². The van der Waals surface area contributed by atoms with E-state index in [0.717, 1.165) is 17.5 Å². The molecule has 0 atom stereocenters. The number of allylic oxidation sites excluding steroid dienone is 1. The van der Waals surface area contributed by atoms with Crippen LogP contribution in [-0.2, 0) is 0 Å². The second kappa shape index (κ2) is 5.17. The average Bonchev–Trinajstić information content (AvgIpc) is 2.24. The average molecular weight is 239 g/mol. The van der Waals surface area contributed by atoms with E-state index >= 15 is 0 Å². The molecule has 0 radical (unpaired) electrons. The molecule has 86 valence electrons. The molecule has 0 aromatic heterocycles. The molecule has 0 heterocycles. The van der Waals surface area contributed by atoms with Crippen LogP contribution in [0.15, 0.2) is 12.1 Å². The third-order valence-corrected chi connectivity index (χ3v) is 3.06. The van der Waals surface area contributed by atoms with E-state index in [4.69, 9.17) is 16.7 Å². The summed E-state index contributed by atoms with van der Waals surface area (Å²) >= 11 is 6.11. The Kier molecular flexibility index (Phi) is 4.13. The van der Waals surface area contributed by atoms with Gasteiger partial charge in [-0.05, 0) is 43.0 Å². The maximum Gasteiger partial charge on any atom is 0.336 e. The zero-order valence-corrected chi connectivity index (χ0v) is 10.4. The predicted octanol–water partition coefficient (Wildman–Crippen LogP) is 4.08. The topological polar surface area (TPSA) is 37.3 Å². The minimum atomic E-state index is -0.918. The fraction of sp³-hybridized carbons (Fsp3) is 0.308. The third-order valence-electron chi connectivity index (χ3n) is 2.48. The third kappa shape index (κ3) is 2.45. The lowest BCUT2D eigenvalue weighted by Gasteiger charge is -2.10. The molecular weight excluding hydrogens is 224 g/mol. The van der Waals surface area contributed by atoms with Crippen LogP contribution in [-0.4, -0.2) is 11.1 Å². The van der Waals surface area contributed by atoms with Gasteiger partial charge < -0.3 is 5.11 Å². The molecule has 0 amide bonds. The number of hydrogen-bond acceptors (Lipinski definition) is 1. The Morgan fingerprint density at radius 2 is 2.12 bits per heavy atom. The Balaban J connectivity index is 3.47. The summed E-state index contributed by atoms with van der Waals surface area (Å²) in [6, 6.07) is 1.62. The Bertz CT molecular complexity index is 448. The van der Waals surface area contributed by atoms with E-state index in [1.54, 1.807) is 6.07 Å². The van der Waals surface area contributed by atoms with E-state index in [1.165, 1.54) is 0 Å². The van der Waals surface area contributed by atoms with Crippen molar-refractivity contribution in [3.05, 3.63) is 39.4 Å². The maximum absolute atomic E-state index is 11.1. The van der Waals surface area contributed by atoms with Gasteiger partial charge in [-0.15, -0.1) is 0 Å². The molecule has 1 N–H and O–H groups in total. The van der Waals surface area contributed by atoms with Gasteiger partial charge in [-0.2, -0.15) is 0 Å². The van der Waals surface area contributed by atoms with Gasteiger partial charge >= 0.3 is 5.97 Å². The first kappa shape index (κ1) is 12.8. The van der Waals surface area contributed by atoms with Crippen LogP contribution in [0.5, 0.6) is 0 Å². The molecule has 1 aromatic carbocycles. The zero-order chi connectivity index (χ0) is 12.3. The van der Waals surface area contributed by atoms with Gasteiger partial charge in [-0.3, -0.25) is 0 Å². The summed E-state index contributed by atoms with van der Waals surface area (Å²) in [5.74, 6) is -0.918. The molecule has 1 rings (SSSR count). The predicted molar refractivity (Wildman–Crippen MR) is 67.2 cm³/mol. The molecule has 0 bridgehead atoms. The van der Waals surface area contributed by atoms with Crippen LogP contribution in [0.2, 0.25) is 5.02 Å². The summed E-state index contributed by atoms with van der Waals surface area (Å²) in [6.07, 6.45) is 4.62. The first-order chi connectivity index (χ1) is 7.49. The Morgan fingerprint density at radius 3 is 2.62 bits per heavy atom. The molecule has 0 aliphatic rings. The van der Waals surface area contributed by atoms with Crippen molar-refractivity contribution >= 4 is 23.6 Å². The first-order valence-corrected chi connectivity index (χ1v) is 5.56. The van der Waals surface area contributed by atoms with Gasteiger partial charge in [-0.1, -0.05) is 30.7 Å². The lowest BCUT2D eigenvalue weighted by Crippen LogP contribution is -2.03. The van der Waals surface area contributed by atoms with Crippen LogP contribution in [0.3, 0.4) is 0 Å². The monoisotopic (exact) mass is 238 g/mol. The summed E-state index contributed by atoms with van der Waals surface area (Å²) in [7, 11) is 0. The number of carbonyl (C=O) groups is 1. The molecule has 0 spiro atoms. The molecule has 16 heavy (non-hydrogen) atoms. The highest BCUT2D eigenvalue weighted by atomic mass is 35.5. The molecule has 3 heteroatoms. The van der Waals surface area contributed by atoms with Crippen LogP contribution in [0.4, 0.5) is 0 Å². The van der Waals surface area contributed by atoms with Gasteiger partial charge in [0.2, 0.25) is 0 Å². The second-order valence-corrected chi connectivity index (χ2v) is 4.09. The SMILES string of the molecule is CCC=Cc1c(C(=O)O)cc(C)c(Cl)c1C. The normalized spacial score (nSPS) is 11.0. The number of aryl methyl sites for hydroxylation is 1. The van der Waals surface area contributed by atoms with E-state index in [1.807, 2.05) is 32.9 Å². The lowest BCUT2D eigenvalue weighted by atomic mass is 9.98. The summed E-state index contributed by atoms with van der Waals surface area (Å²) in [5.41, 5.74) is 2.63. The smallest absolute Gasteiger partial charge is 0.336 e. The van der Waals surface area contributed by atoms with Crippen LogP contribution < -0.4 is 0 Å². The molecule has 0 unspecified atom stereocenters. The van der Waals surface area contributed by atoms with Crippen LogP contribution >= 0.6 is 11.6 Å².